The highest BCUT2D eigenvalue weighted by Gasteiger charge is 2.12. The molecule has 0 saturated carbocycles. The van der Waals surface area contributed by atoms with Gasteiger partial charge in [-0.15, -0.1) is 5.10 Å². The number of carbonyl (C=O) groups is 1. The molecular weight excluding hydrogens is 296 g/mol. The van der Waals surface area contributed by atoms with E-state index >= 15 is 0 Å². The molecule has 0 radical (unpaired) electrons. The van der Waals surface area contributed by atoms with E-state index < -0.39 is 0 Å². The van der Waals surface area contributed by atoms with Crippen LogP contribution in [0.3, 0.4) is 0 Å². The molecule has 8 heteroatoms. The normalized spacial score (nSPS) is 11.3. The van der Waals surface area contributed by atoms with Crippen molar-refractivity contribution in [2.45, 2.75) is 26.3 Å². The first kappa shape index (κ1) is 15.0. The highest BCUT2D eigenvalue weighted by Crippen LogP contribution is 2.11. The molecule has 2 N–H and O–H groups in total. The summed E-state index contributed by atoms with van der Waals surface area (Å²) in [5, 5.41) is 13.8. The average Bonchev–Trinajstić information content (AvgIpc) is 3.14. The van der Waals surface area contributed by atoms with Crippen molar-refractivity contribution in [1.82, 2.24) is 29.7 Å². The molecule has 0 fully saturated rings. The number of rotatable bonds is 5. The Labute approximate surface area is 132 Å². The molecule has 23 heavy (non-hydrogen) atoms. The van der Waals surface area contributed by atoms with Crippen LogP contribution >= 0.6 is 0 Å². The molecule has 3 aromatic rings. The van der Waals surface area contributed by atoms with Crippen LogP contribution in [0.5, 0.6) is 0 Å². The standard InChI is InChI=1S/C15H18N6O2/c1-10(2)11-9-12(18-17-11)14(22)16-6-8-21-15(23)20-7-4-3-5-13(20)19-21/h3-5,7,9-10H,6,8H2,1-2H3,(H,16,22)(H,17,18). The Morgan fingerprint density at radius 2 is 2.22 bits per heavy atom. The first-order valence-electron chi connectivity index (χ1n) is 7.44. The zero-order valence-corrected chi connectivity index (χ0v) is 13.0. The summed E-state index contributed by atoms with van der Waals surface area (Å²) < 4.78 is 2.80. The number of amides is 1. The van der Waals surface area contributed by atoms with Gasteiger partial charge in [0.05, 0.1) is 6.54 Å². The Hall–Kier alpha value is -2.90. The van der Waals surface area contributed by atoms with E-state index in [1.54, 1.807) is 24.4 Å². The molecule has 8 nitrogen and oxygen atoms in total. The molecule has 3 aromatic heterocycles. The largest absolute Gasteiger partial charge is 0.350 e. The van der Waals surface area contributed by atoms with Crippen molar-refractivity contribution >= 4 is 11.6 Å². The lowest BCUT2D eigenvalue weighted by atomic mass is 10.1. The Bertz CT molecular complexity index is 889. The van der Waals surface area contributed by atoms with E-state index in [0.29, 0.717) is 24.4 Å². The van der Waals surface area contributed by atoms with Crippen molar-refractivity contribution in [2.24, 2.45) is 0 Å². The van der Waals surface area contributed by atoms with Crippen LogP contribution in [0.1, 0.15) is 35.9 Å². The summed E-state index contributed by atoms with van der Waals surface area (Å²) in [6.45, 7) is 4.64. The number of nitrogens with zero attached hydrogens (tertiary/aromatic N) is 4. The van der Waals surface area contributed by atoms with Gasteiger partial charge in [0.2, 0.25) is 0 Å². The third-order valence-electron chi connectivity index (χ3n) is 3.55. The second-order valence-corrected chi connectivity index (χ2v) is 5.55. The molecule has 1 amide bonds. The number of carbonyl (C=O) groups excluding carboxylic acids is 1. The van der Waals surface area contributed by atoms with Crippen LogP contribution in [0.4, 0.5) is 0 Å². The minimum absolute atomic E-state index is 0.225. The summed E-state index contributed by atoms with van der Waals surface area (Å²) in [4.78, 5) is 24.1. The van der Waals surface area contributed by atoms with Gasteiger partial charge in [0, 0.05) is 18.4 Å². The molecule has 0 bridgehead atoms. The Balaban J connectivity index is 1.63. The molecule has 120 valence electrons. The van der Waals surface area contributed by atoms with Crippen molar-refractivity contribution in [2.75, 3.05) is 6.54 Å². The van der Waals surface area contributed by atoms with Gasteiger partial charge in [-0.2, -0.15) is 5.10 Å². The van der Waals surface area contributed by atoms with Crippen LogP contribution in [0.2, 0.25) is 0 Å². The summed E-state index contributed by atoms with van der Waals surface area (Å²) >= 11 is 0. The van der Waals surface area contributed by atoms with Crippen LogP contribution in [-0.4, -0.2) is 36.8 Å². The van der Waals surface area contributed by atoms with Crippen molar-refractivity contribution in [3.63, 3.8) is 0 Å². The van der Waals surface area contributed by atoms with Gasteiger partial charge in [0.1, 0.15) is 5.69 Å². The molecule has 0 aliphatic heterocycles. The second-order valence-electron chi connectivity index (χ2n) is 5.55. The number of pyridine rings is 1. The summed E-state index contributed by atoms with van der Waals surface area (Å²) in [5.41, 5.74) is 1.61. The lowest BCUT2D eigenvalue weighted by Crippen LogP contribution is -2.31. The lowest BCUT2D eigenvalue weighted by Gasteiger charge is -2.02. The van der Waals surface area contributed by atoms with Gasteiger partial charge < -0.3 is 5.32 Å². The zero-order valence-electron chi connectivity index (χ0n) is 13.0. The monoisotopic (exact) mass is 314 g/mol. The molecule has 0 saturated heterocycles. The van der Waals surface area contributed by atoms with Gasteiger partial charge in [-0.3, -0.25) is 14.3 Å². The third-order valence-corrected chi connectivity index (χ3v) is 3.55. The van der Waals surface area contributed by atoms with Gasteiger partial charge in [0.15, 0.2) is 5.65 Å². The van der Waals surface area contributed by atoms with E-state index in [2.05, 4.69) is 20.6 Å². The van der Waals surface area contributed by atoms with E-state index in [1.807, 2.05) is 19.9 Å². The first-order chi connectivity index (χ1) is 11.1. The van der Waals surface area contributed by atoms with Crippen molar-refractivity contribution in [3.8, 4) is 0 Å². The van der Waals surface area contributed by atoms with Gasteiger partial charge in [-0.1, -0.05) is 19.9 Å². The van der Waals surface area contributed by atoms with Gasteiger partial charge in [0.25, 0.3) is 5.91 Å². The van der Waals surface area contributed by atoms with Crippen LogP contribution < -0.4 is 11.0 Å². The fourth-order valence-corrected chi connectivity index (χ4v) is 2.23. The number of hydrogen-bond donors (Lipinski definition) is 2. The predicted molar refractivity (Wildman–Crippen MR) is 84.5 cm³/mol. The molecule has 3 heterocycles. The van der Waals surface area contributed by atoms with Crippen LogP contribution in [-0.2, 0) is 6.54 Å². The van der Waals surface area contributed by atoms with Gasteiger partial charge in [-0.05, 0) is 24.1 Å². The van der Waals surface area contributed by atoms with Crippen LogP contribution in [0.25, 0.3) is 5.65 Å². The second kappa shape index (κ2) is 6.07. The Morgan fingerprint density at radius 3 is 2.91 bits per heavy atom. The molecule has 0 spiro atoms. The Kier molecular flexibility index (Phi) is 3.96. The molecule has 0 aliphatic rings. The Morgan fingerprint density at radius 1 is 1.39 bits per heavy atom. The van der Waals surface area contributed by atoms with E-state index in [1.165, 1.54) is 9.08 Å². The van der Waals surface area contributed by atoms with Crippen molar-refractivity contribution in [3.05, 3.63) is 52.3 Å². The smallest absolute Gasteiger partial charge is 0.349 e. The number of nitrogens with one attached hydrogen (secondary N) is 2. The van der Waals surface area contributed by atoms with E-state index in [-0.39, 0.29) is 17.5 Å². The molecule has 0 aliphatic carbocycles. The minimum atomic E-state index is -0.273. The van der Waals surface area contributed by atoms with E-state index in [4.69, 9.17) is 0 Å². The van der Waals surface area contributed by atoms with Gasteiger partial charge >= 0.3 is 5.69 Å². The maximum atomic E-state index is 12.1. The summed E-state index contributed by atoms with van der Waals surface area (Å²) in [7, 11) is 0. The topological polar surface area (TPSA) is 97.1 Å². The van der Waals surface area contributed by atoms with Gasteiger partial charge in [-0.25, -0.2) is 9.48 Å². The highest BCUT2D eigenvalue weighted by atomic mass is 16.2. The fraction of sp³-hybridized carbons (Fsp3) is 0.333. The average molecular weight is 314 g/mol. The summed E-state index contributed by atoms with van der Waals surface area (Å²) in [6, 6.07) is 7.08. The highest BCUT2D eigenvalue weighted by molar-refractivity contribution is 5.92. The SMILES string of the molecule is CC(C)c1cc(C(=O)NCCn2nc3ccccn3c2=O)n[nH]1. The molecule has 0 atom stereocenters. The first-order valence-corrected chi connectivity index (χ1v) is 7.44. The summed E-state index contributed by atoms with van der Waals surface area (Å²) in [6.07, 6.45) is 1.66. The maximum Gasteiger partial charge on any atom is 0.350 e. The van der Waals surface area contributed by atoms with Crippen LogP contribution in [0.15, 0.2) is 35.3 Å². The number of fused-ring (bicyclic) bond motifs is 1. The van der Waals surface area contributed by atoms with E-state index in [0.717, 1.165) is 5.69 Å². The third kappa shape index (κ3) is 3.01. The van der Waals surface area contributed by atoms with E-state index in [9.17, 15) is 9.59 Å². The molecule has 0 aromatic carbocycles. The number of H-pyrrole nitrogens is 1. The quantitative estimate of drug-likeness (QED) is 0.727. The predicted octanol–water partition coefficient (Wildman–Crippen LogP) is 0.772. The molecular formula is C15H18N6O2. The van der Waals surface area contributed by atoms with Crippen molar-refractivity contribution < 1.29 is 4.79 Å². The van der Waals surface area contributed by atoms with Crippen molar-refractivity contribution in [1.29, 1.82) is 0 Å². The lowest BCUT2D eigenvalue weighted by molar-refractivity contribution is 0.0947. The number of aromatic amines is 1. The number of hydrogen-bond acceptors (Lipinski definition) is 4. The zero-order chi connectivity index (χ0) is 16.4. The summed E-state index contributed by atoms with van der Waals surface area (Å²) in [5.74, 6) is 0.00515. The maximum absolute atomic E-state index is 12.1. The van der Waals surface area contributed by atoms with Crippen LogP contribution in [0, 0.1) is 0 Å². The number of aromatic nitrogens is 5. The molecule has 3 rings (SSSR count). The molecule has 0 unspecified atom stereocenters. The minimum Gasteiger partial charge on any atom is -0.349 e. The fourth-order valence-electron chi connectivity index (χ4n) is 2.23.